The number of H-pyrrole nitrogens is 1. The first kappa shape index (κ1) is 24.2. The van der Waals surface area contributed by atoms with Gasteiger partial charge in [0, 0.05) is 29.1 Å². The third-order valence-corrected chi connectivity index (χ3v) is 6.82. The van der Waals surface area contributed by atoms with Crippen molar-refractivity contribution in [2.24, 2.45) is 0 Å². The van der Waals surface area contributed by atoms with Gasteiger partial charge in [-0.2, -0.15) is 0 Å². The highest BCUT2D eigenvalue weighted by atomic mass is 35.5. The number of morpholine rings is 1. The zero-order chi connectivity index (χ0) is 24.5. The van der Waals surface area contributed by atoms with Crippen LogP contribution < -0.4 is 10.2 Å². The number of halogens is 1. The van der Waals surface area contributed by atoms with Gasteiger partial charge in [0.1, 0.15) is 22.3 Å². The fourth-order valence-corrected chi connectivity index (χ4v) is 4.72. The van der Waals surface area contributed by atoms with Crippen LogP contribution in [0.3, 0.4) is 0 Å². The molecule has 0 unspecified atom stereocenters. The number of ether oxygens (including phenoxy) is 1. The minimum atomic E-state index is -3.26. The van der Waals surface area contributed by atoms with E-state index in [4.69, 9.17) is 16.3 Å². The molecule has 9 nitrogen and oxygen atoms in total. The molecule has 0 saturated carbocycles. The molecule has 1 aliphatic heterocycles. The first-order valence-electron chi connectivity index (χ1n) is 10.7. The maximum absolute atomic E-state index is 13.1. The third-order valence-electron chi connectivity index (χ3n) is 5.61. The van der Waals surface area contributed by atoms with Crippen molar-refractivity contribution >= 4 is 50.0 Å². The lowest BCUT2D eigenvalue weighted by atomic mass is 10.1. The number of rotatable bonds is 7. The number of sulfone groups is 1. The number of aryl methyl sites for hydroxylation is 1. The summed E-state index contributed by atoms with van der Waals surface area (Å²) in [5.74, 6) is -0.175. The number of amides is 2. The molecule has 0 radical (unpaired) electrons. The molecule has 1 aromatic heterocycles. The van der Waals surface area contributed by atoms with Crippen molar-refractivity contribution in [2.45, 2.75) is 19.4 Å². The second-order valence-corrected chi connectivity index (χ2v) is 11.0. The number of hydrogen-bond acceptors (Lipinski definition) is 6. The largest absolute Gasteiger partial charge is 0.370 e. The van der Waals surface area contributed by atoms with Crippen LogP contribution in [-0.4, -0.2) is 62.0 Å². The number of carbonyl (C=O) groups excluding carboxylic acids is 2. The normalized spacial score (nSPS) is 15.5. The van der Waals surface area contributed by atoms with E-state index in [1.165, 1.54) is 0 Å². The molecule has 180 valence electrons. The Kier molecular flexibility index (Phi) is 6.92. The van der Waals surface area contributed by atoms with E-state index in [9.17, 15) is 18.0 Å². The number of nitrogens with zero attached hydrogens (tertiary/aromatic N) is 2. The van der Waals surface area contributed by atoms with Crippen molar-refractivity contribution in [2.75, 3.05) is 36.7 Å². The number of imidazole rings is 1. The first-order valence-corrected chi connectivity index (χ1v) is 13.2. The molecule has 0 bridgehead atoms. The van der Waals surface area contributed by atoms with Crippen molar-refractivity contribution in [3.05, 3.63) is 58.4 Å². The summed E-state index contributed by atoms with van der Waals surface area (Å²) in [5, 5.41) is 3.43. The molecule has 1 aliphatic rings. The van der Waals surface area contributed by atoms with Gasteiger partial charge in [-0.25, -0.2) is 13.4 Å². The van der Waals surface area contributed by atoms with Crippen LogP contribution in [0.1, 0.15) is 34.2 Å². The number of hydrogen-bond donors (Lipinski definition) is 2. The monoisotopic (exact) mass is 504 g/mol. The molecule has 1 fully saturated rings. The van der Waals surface area contributed by atoms with E-state index in [0.29, 0.717) is 35.1 Å². The summed E-state index contributed by atoms with van der Waals surface area (Å²) in [4.78, 5) is 34.6. The highest BCUT2D eigenvalue weighted by molar-refractivity contribution is 7.90. The fraction of sp³-hybridized carbons (Fsp3) is 0.348. The van der Waals surface area contributed by atoms with Crippen LogP contribution in [-0.2, 0) is 19.4 Å². The minimum Gasteiger partial charge on any atom is -0.370 e. The molecule has 0 spiro atoms. The lowest BCUT2D eigenvalue weighted by Gasteiger charge is -2.28. The Balaban J connectivity index is 1.58. The summed E-state index contributed by atoms with van der Waals surface area (Å²) in [6.07, 6.45) is 1.30. The molecule has 4 rings (SSSR count). The number of benzene rings is 2. The topological polar surface area (TPSA) is 121 Å². The van der Waals surface area contributed by atoms with Gasteiger partial charge >= 0.3 is 0 Å². The number of fused-ring (bicyclic) bond motifs is 1. The van der Waals surface area contributed by atoms with Gasteiger partial charge in [-0.3, -0.25) is 9.59 Å². The van der Waals surface area contributed by atoms with Gasteiger partial charge in [0.05, 0.1) is 29.4 Å². The van der Waals surface area contributed by atoms with Gasteiger partial charge in [-0.1, -0.05) is 11.6 Å². The molecule has 1 saturated heterocycles. The number of aromatic amines is 1. The molecule has 0 aliphatic carbocycles. The number of anilines is 1. The van der Waals surface area contributed by atoms with E-state index in [1.807, 2.05) is 6.92 Å². The van der Waals surface area contributed by atoms with Crippen LogP contribution in [0.2, 0.25) is 5.02 Å². The van der Waals surface area contributed by atoms with Crippen LogP contribution in [0.5, 0.6) is 0 Å². The quantitative estimate of drug-likeness (QED) is 0.510. The SMILES string of the molecule is Cc1cc(C(=O)N[C@@H](CCS(C)(=O)=O)c2nc3cc(Cl)ccc3[nH]2)ccc1N1CCOCC1=O. The Morgan fingerprint density at radius 3 is 2.79 bits per heavy atom. The fourth-order valence-electron chi connectivity index (χ4n) is 3.89. The second kappa shape index (κ2) is 9.73. The zero-order valence-corrected chi connectivity index (χ0v) is 20.4. The Morgan fingerprint density at radius 1 is 1.29 bits per heavy atom. The van der Waals surface area contributed by atoms with Crippen LogP contribution in [0, 0.1) is 6.92 Å². The summed E-state index contributed by atoms with van der Waals surface area (Å²) in [6.45, 7) is 2.78. The van der Waals surface area contributed by atoms with Gasteiger partial charge < -0.3 is 19.9 Å². The predicted octanol–water partition coefficient (Wildman–Crippen LogP) is 2.79. The molecule has 2 N–H and O–H groups in total. The highest BCUT2D eigenvalue weighted by Gasteiger charge is 2.24. The van der Waals surface area contributed by atoms with Gasteiger partial charge in [-0.05, 0) is 55.3 Å². The summed E-state index contributed by atoms with van der Waals surface area (Å²) in [5.41, 5.74) is 3.25. The molecular weight excluding hydrogens is 480 g/mol. The van der Waals surface area contributed by atoms with E-state index in [-0.39, 0.29) is 30.6 Å². The Hall–Kier alpha value is -2.95. The standard InChI is InChI=1S/C23H25ClN4O5S/c1-14-11-15(3-6-20(14)28-8-9-33-13-21(28)29)23(30)27-18(7-10-34(2,31)32)22-25-17-5-4-16(24)12-19(17)26-22/h3-6,11-12,18H,7-10,13H2,1-2H3,(H,25,26)(H,27,30)/t18-/m0/s1. The molecule has 1 atom stereocenters. The third kappa shape index (κ3) is 5.57. The Morgan fingerprint density at radius 2 is 2.09 bits per heavy atom. The van der Waals surface area contributed by atoms with E-state index < -0.39 is 15.9 Å². The van der Waals surface area contributed by atoms with Crippen molar-refractivity contribution in [3.63, 3.8) is 0 Å². The van der Waals surface area contributed by atoms with Crippen molar-refractivity contribution in [1.82, 2.24) is 15.3 Å². The molecule has 2 heterocycles. The van der Waals surface area contributed by atoms with Crippen LogP contribution in [0.4, 0.5) is 5.69 Å². The zero-order valence-electron chi connectivity index (χ0n) is 18.8. The lowest BCUT2D eigenvalue weighted by Crippen LogP contribution is -2.42. The molecule has 11 heteroatoms. The van der Waals surface area contributed by atoms with Crippen molar-refractivity contribution in [1.29, 1.82) is 0 Å². The summed E-state index contributed by atoms with van der Waals surface area (Å²) in [6, 6.07) is 9.63. The molecular formula is C23H25ClN4O5S. The Bertz CT molecular complexity index is 1350. The van der Waals surface area contributed by atoms with Crippen molar-refractivity contribution < 1.29 is 22.7 Å². The van der Waals surface area contributed by atoms with Gasteiger partial charge in [0.25, 0.3) is 11.8 Å². The van der Waals surface area contributed by atoms with Gasteiger partial charge in [0.2, 0.25) is 0 Å². The summed E-state index contributed by atoms with van der Waals surface area (Å²) >= 11 is 6.05. The van der Waals surface area contributed by atoms with Crippen LogP contribution in [0.25, 0.3) is 11.0 Å². The highest BCUT2D eigenvalue weighted by Crippen LogP contribution is 2.25. The Labute approximate surface area is 202 Å². The van der Waals surface area contributed by atoms with E-state index in [1.54, 1.807) is 41.3 Å². The molecule has 2 amide bonds. The number of aromatic nitrogens is 2. The number of nitrogens with one attached hydrogen (secondary N) is 2. The smallest absolute Gasteiger partial charge is 0.253 e. The van der Waals surface area contributed by atoms with E-state index in [2.05, 4.69) is 15.3 Å². The average Bonchev–Trinajstić information content (AvgIpc) is 3.19. The average molecular weight is 505 g/mol. The maximum atomic E-state index is 13.1. The molecule has 34 heavy (non-hydrogen) atoms. The number of carbonyl (C=O) groups is 2. The predicted molar refractivity (Wildman–Crippen MR) is 130 cm³/mol. The van der Waals surface area contributed by atoms with Crippen LogP contribution >= 0.6 is 11.6 Å². The minimum absolute atomic E-state index is 0.0341. The van der Waals surface area contributed by atoms with E-state index in [0.717, 1.165) is 23.0 Å². The van der Waals surface area contributed by atoms with Crippen LogP contribution in [0.15, 0.2) is 36.4 Å². The second-order valence-electron chi connectivity index (χ2n) is 8.33. The van der Waals surface area contributed by atoms with Gasteiger partial charge in [-0.15, -0.1) is 0 Å². The summed E-state index contributed by atoms with van der Waals surface area (Å²) < 4.78 is 28.8. The maximum Gasteiger partial charge on any atom is 0.253 e. The van der Waals surface area contributed by atoms with Crippen molar-refractivity contribution in [3.8, 4) is 0 Å². The molecule has 3 aromatic rings. The van der Waals surface area contributed by atoms with Gasteiger partial charge in [0.15, 0.2) is 0 Å². The first-order chi connectivity index (χ1) is 16.1. The molecule has 2 aromatic carbocycles. The van der Waals surface area contributed by atoms with E-state index >= 15 is 0 Å². The lowest BCUT2D eigenvalue weighted by molar-refractivity contribution is -0.125. The summed E-state index contributed by atoms with van der Waals surface area (Å²) in [7, 11) is -3.26.